The van der Waals surface area contributed by atoms with E-state index in [4.69, 9.17) is 9.15 Å². The first-order valence-corrected chi connectivity index (χ1v) is 6.92. The van der Waals surface area contributed by atoms with Gasteiger partial charge in [-0.25, -0.2) is 4.79 Å². The van der Waals surface area contributed by atoms with E-state index in [1.54, 1.807) is 18.2 Å². The molecule has 0 unspecified atom stereocenters. The van der Waals surface area contributed by atoms with Crippen LogP contribution in [0.1, 0.15) is 31.6 Å². The zero-order valence-electron chi connectivity index (χ0n) is 12.6. The van der Waals surface area contributed by atoms with E-state index in [1.807, 2.05) is 13.8 Å². The molecule has 1 aromatic heterocycles. The maximum absolute atomic E-state index is 12.7. The fraction of sp³-hybridized carbons (Fsp3) is 0.294. The van der Waals surface area contributed by atoms with Crippen LogP contribution >= 0.6 is 0 Å². The second-order valence-corrected chi connectivity index (χ2v) is 6.07. The molecule has 3 rings (SSSR count). The van der Waals surface area contributed by atoms with Crippen LogP contribution in [0.2, 0.25) is 0 Å². The summed E-state index contributed by atoms with van der Waals surface area (Å²) in [6, 6.07) is 5.03. The number of aliphatic carboxylic acids is 1. The molecule has 0 bridgehead atoms. The Kier molecular flexibility index (Phi) is 3.09. The minimum Gasteiger partial charge on any atom is -0.497 e. The Balaban J connectivity index is 2.38. The molecule has 1 N–H and O–H groups in total. The Morgan fingerprint density at radius 1 is 1.36 bits per heavy atom. The average molecular weight is 300 g/mol. The van der Waals surface area contributed by atoms with Crippen molar-refractivity contribution in [1.82, 2.24) is 0 Å². The van der Waals surface area contributed by atoms with Gasteiger partial charge in [0.2, 0.25) is 0 Å². The fourth-order valence-electron chi connectivity index (χ4n) is 2.87. The summed E-state index contributed by atoms with van der Waals surface area (Å²) in [5, 5.41) is 9.65. The highest BCUT2D eigenvalue weighted by molar-refractivity contribution is 5.94. The monoisotopic (exact) mass is 300 g/mol. The lowest BCUT2D eigenvalue weighted by molar-refractivity contribution is -0.132. The van der Waals surface area contributed by atoms with Gasteiger partial charge in [-0.3, -0.25) is 4.79 Å². The van der Waals surface area contributed by atoms with Crippen LogP contribution < -0.4 is 10.2 Å². The Morgan fingerprint density at radius 3 is 2.73 bits per heavy atom. The smallest absolute Gasteiger partial charge is 0.331 e. The first-order valence-electron chi connectivity index (χ1n) is 6.92. The van der Waals surface area contributed by atoms with Crippen molar-refractivity contribution in [3.8, 4) is 5.75 Å². The lowest BCUT2D eigenvalue weighted by Crippen LogP contribution is -2.28. The number of ether oxygens (including phenoxy) is 1. The molecule has 0 fully saturated rings. The molecule has 0 radical (unpaired) electrons. The van der Waals surface area contributed by atoms with Gasteiger partial charge in [-0.1, -0.05) is 13.8 Å². The van der Waals surface area contributed by atoms with Crippen LogP contribution in [0.15, 0.2) is 33.0 Å². The molecule has 1 aliphatic carbocycles. The highest BCUT2D eigenvalue weighted by Gasteiger charge is 2.35. The average Bonchev–Trinajstić information content (AvgIpc) is 2.47. The zero-order chi connectivity index (χ0) is 16.1. The number of carbonyl (C=O) groups is 1. The van der Waals surface area contributed by atoms with Gasteiger partial charge >= 0.3 is 5.97 Å². The number of fused-ring (bicyclic) bond motifs is 2. The molecule has 0 aliphatic heterocycles. The molecule has 0 saturated heterocycles. The predicted octanol–water partition coefficient (Wildman–Crippen LogP) is 2.95. The maximum atomic E-state index is 12.7. The first-order chi connectivity index (χ1) is 10.3. The molecule has 0 spiro atoms. The van der Waals surface area contributed by atoms with Gasteiger partial charge in [0.25, 0.3) is 0 Å². The van der Waals surface area contributed by atoms with Crippen LogP contribution in [0.3, 0.4) is 0 Å². The van der Waals surface area contributed by atoms with E-state index < -0.39 is 11.4 Å². The minimum absolute atomic E-state index is 0.215. The van der Waals surface area contributed by atoms with Gasteiger partial charge in [0, 0.05) is 11.0 Å². The van der Waals surface area contributed by atoms with E-state index in [2.05, 4.69) is 0 Å². The number of rotatable bonds is 2. The predicted molar refractivity (Wildman–Crippen MR) is 82.3 cm³/mol. The summed E-state index contributed by atoms with van der Waals surface area (Å²) in [5.41, 5.74) is 0.221. The first kappa shape index (κ1) is 14.4. The molecule has 1 aromatic carbocycles. The van der Waals surface area contributed by atoms with Gasteiger partial charge in [-0.2, -0.15) is 0 Å². The molecule has 5 nitrogen and oxygen atoms in total. The van der Waals surface area contributed by atoms with E-state index in [9.17, 15) is 14.7 Å². The van der Waals surface area contributed by atoms with Crippen molar-refractivity contribution in [1.29, 1.82) is 0 Å². The summed E-state index contributed by atoms with van der Waals surface area (Å²) in [6.07, 6.45) is 1.74. The van der Waals surface area contributed by atoms with Crippen molar-refractivity contribution in [3.05, 3.63) is 45.3 Å². The molecule has 114 valence electrons. The molecule has 0 amide bonds. The molecule has 1 aliphatic rings. The Labute approximate surface area is 126 Å². The molecule has 5 heteroatoms. The van der Waals surface area contributed by atoms with E-state index in [0.29, 0.717) is 34.5 Å². The summed E-state index contributed by atoms with van der Waals surface area (Å²) in [4.78, 5) is 24.1. The standard InChI is InChI=1S/C17H16O5/c1-17(2)8-9(16(19)20)6-12-14(18)11-7-10(21-3)4-5-13(11)22-15(12)17/h4-7H,8H2,1-3H3,(H,19,20). The van der Waals surface area contributed by atoms with Crippen LogP contribution in [-0.4, -0.2) is 18.2 Å². The normalized spacial score (nSPS) is 16.0. The quantitative estimate of drug-likeness (QED) is 0.922. The summed E-state index contributed by atoms with van der Waals surface area (Å²) in [7, 11) is 1.52. The topological polar surface area (TPSA) is 76.7 Å². The largest absolute Gasteiger partial charge is 0.497 e. The number of methoxy groups -OCH3 is 1. The van der Waals surface area contributed by atoms with Crippen LogP contribution in [0.25, 0.3) is 17.0 Å². The van der Waals surface area contributed by atoms with Crippen molar-refractivity contribution < 1.29 is 19.1 Å². The lowest BCUT2D eigenvalue weighted by Gasteiger charge is -2.29. The van der Waals surface area contributed by atoms with E-state index in [1.165, 1.54) is 13.2 Å². The Morgan fingerprint density at radius 2 is 2.09 bits per heavy atom. The van der Waals surface area contributed by atoms with Crippen molar-refractivity contribution in [2.45, 2.75) is 25.7 Å². The van der Waals surface area contributed by atoms with Gasteiger partial charge in [0.1, 0.15) is 17.1 Å². The third-order valence-electron chi connectivity index (χ3n) is 3.97. The SMILES string of the molecule is COc1ccc2oc3c(c(=O)c2c1)C=C(C(=O)O)CC3(C)C. The molecule has 0 saturated carbocycles. The van der Waals surface area contributed by atoms with Crippen molar-refractivity contribution in [2.24, 2.45) is 0 Å². The van der Waals surface area contributed by atoms with Crippen LogP contribution in [-0.2, 0) is 10.2 Å². The number of hydrogen-bond donors (Lipinski definition) is 1. The fourth-order valence-corrected chi connectivity index (χ4v) is 2.87. The molecule has 2 aromatic rings. The molecule has 1 heterocycles. The van der Waals surface area contributed by atoms with E-state index in [0.717, 1.165) is 0 Å². The van der Waals surface area contributed by atoms with Crippen molar-refractivity contribution in [3.63, 3.8) is 0 Å². The number of benzene rings is 1. The highest BCUT2D eigenvalue weighted by atomic mass is 16.5. The van der Waals surface area contributed by atoms with Crippen LogP contribution in [0, 0.1) is 0 Å². The third kappa shape index (κ3) is 2.09. The molecular formula is C17H16O5. The number of carboxylic acids is 1. The van der Waals surface area contributed by atoms with Gasteiger partial charge < -0.3 is 14.3 Å². The summed E-state index contributed by atoms with van der Waals surface area (Å²) in [6.45, 7) is 3.75. The van der Waals surface area contributed by atoms with Gasteiger partial charge in [-0.05, 0) is 30.7 Å². The summed E-state index contributed by atoms with van der Waals surface area (Å²) < 4.78 is 11.0. The van der Waals surface area contributed by atoms with E-state index in [-0.39, 0.29) is 11.0 Å². The van der Waals surface area contributed by atoms with Gasteiger partial charge in [-0.15, -0.1) is 0 Å². The summed E-state index contributed by atoms with van der Waals surface area (Å²) >= 11 is 0. The zero-order valence-corrected chi connectivity index (χ0v) is 12.6. The number of carboxylic acid groups (broad SMARTS) is 1. The van der Waals surface area contributed by atoms with Crippen molar-refractivity contribution in [2.75, 3.05) is 7.11 Å². The summed E-state index contributed by atoms with van der Waals surface area (Å²) in [5.74, 6) is 0.0706. The second-order valence-electron chi connectivity index (χ2n) is 6.07. The Hall–Kier alpha value is -2.56. The minimum atomic E-state index is -1.01. The molecular weight excluding hydrogens is 284 g/mol. The van der Waals surface area contributed by atoms with Gasteiger partial charge in [0.15, 0.2) is 5.43 Å². The highest BCUT2D eigenvalue weighted by Crippen LogP contribution is 2.38. The second kappa shape index (κ2) is 4.73. The Bertz CT molecular complexity index is 870. The van der Waals surface area contributed by atoms with Crippen LogP contribution in [0.4, 0.5) is 0 Å². The third-order valence-corrected chi connectivity index (χ3v) is 3.97. The number of hydrogen-bond acceptors (Lipinski definition) is 4. The van der Waals surface area contributed by atoms with Crippen molar-refractivity contribution >= 4 is 23.0 Å². The van der Waals surface area contributed by atoms with Crippen LogP contribution in [0.5, 0.6) is 5.75 Å². The molecule has 0 atom stereocenters. The van der Waals surface area contributed by atoms with E-state index >= 15 is 0 Å². The van der Waals surface area contributed by atoms with Gasteiger partial charge in [0.05, 0.1) is 18.1 Å². The maximum Gasteiger partial charge on any atom is 0.331 e. The lowest BCUT2D eigenvalue weighted by atomic mass is 9.76. The molecule has 22 heavy (non-hydrogen) atoms.